The summed E-state index contributed by atoms with van der Waals surface area (Å²) in [6.45, 7) is 3.95. The lowest BCUT2D eigenvalue weighted by Gasteiger charge is -2.16. The van der Waals surface area contributed by atoms with E-state index in [4.69, 9.17) is 0 Å². The molecule has 0 aliphatic heterocycles. The van der Waals surface area contributed by atoms with Crippen molar-refractivity contribution in [2.75, 3.05) is 7.05 Å². The van der Waals surface area contributed by atoms with Crippen LogP contribution in [0.3, 0.4) is 0 Å². The molecule has 0 atom stereocenters. The number of nitrogens with zero attached hydrogens (tertiary/aromatic N) is 2. The molecular formula is C13H15BrN2O2S2. The zero-order valence-electron chi connectivity index (χ0n) is 11.4. The Morgan fingerprint density at radius 1 is 1.35 bits per heavy atom. The minimum Gasteiger partial charge on any atom is -0.257 e. The van der Waals surface area contributed by atoms with Crippen molar-refractivity contribution < 1.29 is 8.42 Å². The summed E-state index contributed by atoms with van der Waals surface area (Å²) in [5.41, 5.74) is 1.62. The first kappa shape index (κ1) is 15.6. The van der Waals surface area contributed by atoms with Gasteiger partial charge in [-0.15, -0.1) is 11.3 Å². The third-order valence-corrected chi connectivity index (χ3v) is 6.47. The molecule has 0 N–H and O–H groups in total. The molecule has 0 aliphatic carbocycles. The van der Waals surface area contributed by atoms with E-state index in [1.165, 1.54) is 15.6 Å². The van der Waals surface area contributed by atoms with E-state index >= 15 is 0 Å². The maximum absolute atomic E-state index is 12.5. The SMILES string of the molecule is Cc1cccc(CN(C)S(=O)(=O)c2cc(Br)sc2C)n1. The molecule has 0 amide bonds. The summed E-state index contributed by atoms with van der Waals surface area (Å²) in [4.78, 5) is 5.47. The minimum absolute atomic E-state index is 0.261. The molecular weight excluding hydrogens is 360 g/mol. The highest BCUT2D eigenvalue weighted by atomic mass is 79.9. The number of halogens is 1. The summed E-state index contributed by atoms with van der Waals surface area (Å²) in [5.74, 6) is 0. The Bertz CT molecular complexity index is 726. The Hall–Kier alpha value is -0.760. The molecule has 0 unspecified atom stereocenters. The van der Waals surface area contributed by atoms with Crippen LogP contribution in [0.5, 0.6) is 0 Å². The number of aromatic nitrogens is 1. The highest BCUT2D eigenvalue weighted by molar-refractivity contribution is 9.11. The second-order valence-electron chi connectivity index (χ2n) is 4.50. The molecule has 4 nitrogen and oxygen atoms in total. The number of pyridine rings is 1. The van der Waals surface area contributed by atoms with Crippen LogP contribution in [0.1, 0.15) is 16.3 Å². The summed E-state index contributed by atoms with van der Waals surface area (Å²) in [7, 11) is -1.91. The summed E-state index contributed by atoms with van der Waals surface area (Å²) >= 11 is 4.74. The molecule has 0 spiro atoms. The molecule has 20 heavy (non-hydrogen) atoms. The van der Waals surface area contributed by atoms with Crippen LogP contribution in [0.25, 0.3) is 0 Å². The fourth-order valence-corrected chi connectivity index (χ4v) is 5.38. The van der Waals surface area contributed by atoms with Gasteiger partial charge in [-0.2, -0.15) is 4.31 Å². The number of sulfonamides is 1. The smallest absolute Gasteiger partial charge is 0.244 e. The van der Waals surface area contributed by atoms with Gasteiger partial charge >= 0.3 is 0 Å². The van der Waals surface area contributed by atoms with Crippen molar-refractivity contribution in [3.8, 4) is 0 Å². The van der Waals surface area contributed by atoms with Crippen LogP contribution in [0.2, 0.25) is 0 Å². The number of thiophene rings is 1. The Balaban J connectivity index is 2.28. The van der Waals surface area contributed by atoms with E-state index in [0.29, 0.717) is 4.90 Å². The fraction of sp³-hybridized carbons (Fsp3) is 0.308. The lowest BCUT2D eigenvalue weighted by atomic mass is 10.3. The fourth-order valence-electron chi connectivity index (χ4n) is 1.86. The standard InChI is InChI=1S/C13H15BrN2O2S2/c1-9-5-4-6-11(15-9)8-16(3)20(17,18)12-7-13(14)19-10(12)2/h4-7H,8H2,1-3H3. The third kappa shape index (κ3) is 3.28. The van der Waals surface area contributed by atoms with Crippen molar-refractivity contribution >= 4 is 37.3 Å². The summed E-state index contributed by atoms with van der Waals surface area (Å²) in [6, 6.07) is 7.24. The third-order valence-electron chi connectivity index (χ3n) is 2.86. The van der Waals surface area contributed by atoms with Crippen LogP contribution in [-0.2, 0) is 16.6 Å². The van der Waals surface area contributed by atoms with Crippen LogP contribution >= 0.6 is 27.3 Å². The Morgan fingerprint density at radius 2 is 2.05 bits per heavy atom. The molecule has 0 radical (unpaired) electrons. The van der Waals surface area contributed by atoms with Gasteiger partial charge in [0.1, 0.15) is 0 Å². The quantitative estimate of drug-likeness (QED) is 0.824. The molecule has 0 bridgehead atoms. The van der Waals surface area contributed by atoms with E-state index in [1.807, 2.05) is 25.1 Å². The van der Waals surface area contributed by atoms with Gasteiger partial charge in [0.25, 0.3) is 0 Å². The van der Waals surface area contributed by atoms with Gasteiger partial charge in [0.05, 0.1) is 20.9 Å². The van der Waals surface area contributed by atoms with Crippen molar-refractivity contribution in [1.82, 2.24) is 9.29 Å². The average molecular weight is 375 g/mol. The van der Waals surface area contributed by atoms with E-state index in [1.54, 1.807) is 20.0 Å². The molecule has 2 heterocycles. The molecule has 2 aromatic rings. The molecule has 0 aliphatic rings. The molecule has 7 heteroatoms. The summed E-state index contributed by atoms with van der Waals surface area (Å²) in [6.07, 6.45) is 0. The minimum atomic E-state index is -3.49. The van der Waals surface area contributed by atoms with E-state index in [0.717, 1.165) is 20.1 Å². The monoisotopic (exact) mass is 374 g/mol. The van der Waals surface area contributed by atoms with Crippen molar-refractivity contribution in [1.29, 1.82) is 0 Å². The van der Waals surface area contributed by atoms with Gasteiger partial charge in [0.2, 0.25) is 10.0 Å². The first-order valence-electron chi connectivity index (χ1n) is 5.95. The van der Waals surface area contributed by atoms with Crippen molar-refractivity contribution in [3.05, 3.63) is 44.3 Å². The topological polar surface area (TPSA) is 50.3 Å². The van der Waals surface area contributed by atoms with Crippen LogP contribution in [0, 0.1) is 13.8 Å². The zero-order valence-corrected chi connectivity index (χ0v) is 14.6. The highest BCUT2D eigenvalue weighted by Gasteiger charge is 2.25. The normalized spacial score (nSPS) is 12.1. The lowest BCUT2D eigenvalue weighted by Crippen LogP contribution is -2.27. The number of hydrogen-bond donors (Lipinski definition) is 0. The molecule has 108 valence electrons. The first-order chi connectivity index (χ1) is 9.30. The number of aryl methyl sites for hydroxylation is 2. The predicted molar refractivity (Wildman–Crippen MR) is 84.4 cm³/mol. The zero-order chi connectivity index (χ0) is 14.9. The largest absolute Gasteiger partial charge is 0.257 e. The molecule has 0 saturated carbocycles. The summed E-state index contributed by atoms with van der Waals surface area (Å²) in [5, 5.41) is 0. The van der Waals surface area contributed by atoms with Gasteiger partial charge in [-0.25, -0.2) is 8.42 Å². The first-order valence-corrected chi connectivity index (χ1v) is 9.00. The maximum atomic E-state index is 12.5. The predicted octanol–water partition coefficient (Wildman–Crippen LogP) is 3.34. The molecule has 0 saturated heterocycles. The van der Waals surface area contributed by atoms with Crippen LogP contribution in [0.4, 0.5) is 0 Å². The molecule has 0 fully saturated rings. The van der Waals surface area contributed by atoms with E-state index in [-0.39, 0.29) is 6.54 Å². The highest BCUT2D eigenvalue weighted by Crippen LogP contribution is 2.31. The second kappa shape index (κ2) is 5.93. The van der Waals surface area contributed by atoms with Crippen molar-refractivity contribution in [2.24, 2.45) is 0 Å². The van der Waals surface area contributed by atoms with Gasteiger partial charge < -0.3 is 0 Å². The van der Waals surface area contributed by atoms with Gasteiger partial charge in [-0.05, 0) is 48.0 Å². The average Bonchev–Trinajstić information content (AvgIpc) is 2.69. The van der Waals surface area contributed by atoms with Gasteiger partial charge in [0, 0.05) is 17.6 Å². The van der Waals surface area contributed by atoms with Crippen LogP contribution in [-0.4, -0.2) is 24.8 Å². The van der Waals surface area contributed by atoms with Gasteiger partial charge in [-0.1, -0.05) is 6.07 Å². The molecule has 2 aromatic heterocycles. The van der Waals surface area contributed by atoms with Gasteiger partial charge in [-0.3, -0.25) is 4.98 Å². The Morgan fingerprint density at radius 3 is 2.60 bits per heavy atom. The van der Waals surface area contributed by atoms with Gasteiger partial charge in [0.15, 0.2) is 0 Å². The van der Waals surface area contributed by atoms with Crippen molar-refractivity contribution in [2.45, 2.75) is 25.3 Å². The van der Waals surface area contributed by atoms with Crippen LogP contribution in [0.15, 0.2) is 32.9 Å². The second-order valence-corrected chi connectivity index (χ2v) is 9.15. The van der Waals surface area contributed by atoms with Crippen LogP contribution < -0.4 is 0 Å². The molecule has 2 rings (SSSR count). The number of hydrogen-bond acceptors (Lipinski definition) is 4. The van der Waals surface area contributed by atoms with E-state index in [2.05, 4.69) is 20.9 Å². The summed E-state index contributed by atoms with van der Waals surface area (Å²) < 4.78 is 27.2. The Labute approximate surface area is 131 Å². The Kier molecular flexibility index (Phi) is 4.63. The van der Waals surface area contributed by atoms with Crippen molar-refractivity contribution in [3.63, 3.8) is 0 Å². The molecule has 0 aromatic carbocycles. The van der Waals surface area contributed by atoms with E-state index < -0.39 is 10.0 Å². The number of rotatable bonds is 4. The maximum Gasteiger partial charge on any atom is 0.244 e. The lowest BCUT2D eigenvalue weighted by molar-refractivity contribution is 0.461. The van der Waals surface area contributed by atoms with E-state index in [9.17, 15) is 8.42 Å².